The molecule has 0 radical (unpaired) electrons. The van der Waals surface area contributed by atoms with E-state index in [2.05, 4.69) is 64.2 Å². The van der Waals surface area contributed by atoms with Crippen molar-refractivity contribution < 1.29 is 4.79 Å². The lowest BCUT2D eigenvalue weighted by Crippen LogP contribution is -2.38. The molecule has 1 amide bonds. The number of nitrogens with one attached hydrogen (secondary N) is 1. The Bertz CT molecular complexity index is 850. The van der Waals surface area contributed by atoms with Crippen LogP contribution in [0.15, 0.2) is 42.7 Å². The maximum atomic E-state index is 12.5. The number of amides is 1. The molecule has 6 nitrogen and oxygen atoms in total. The predicted octanol–water partition coefficient (Wildman–Crippen LogP) is 2.52. The Morgan fingerprint density at radius 2 is 2.04 bits per heavy atom. The Morgan fingerprint density at radius 3 is 2.62 bits per heavy atom. The van der Waals surface area contributed by atoms with E-state index in [0.717, 1.165) is 18.4 Å². The number of rotatable bonds is 5. The highest BCUT2D eigenvalue weighted by atomic mass is 32.1. The Labute approximate surface area is 143 Å². The third-order valence-electron chi connectivity index (χ3n) is 4.37. The first-order valence-electron chi connectivity index (χ1n) is 7.85. The topological polar surface area (TPSA) is 72.7 Å². The molecule has 1 saturated carbocycles. The van der Waals surface area contributed by atoms with Crippen LogP contribution in [0.25, 0.3) is 10.4 Å². The van der Waals surface area contributed by atoms with E-state index in [4.69, 9.17) is 0 Å². The lowest BCUT2D eigenvalue weighted by Gasteiger charge is -2.14. The first kappa shape index (κ1) is 15.0. The first-order chi connectivity index (χ1) is 11.7. The van der Waals surface area contributed by atoms with E-state index >= 15 is 0 Å². The van der Waals surface area contributed by atoms with Crippen molar-refractivity contribution in [1.29, 1.82) is 0 Å². The van der Waals surface area contributed by atoms with Gasteiger partial charge in [0.05, 0.1) is 0 Å². The second kappa shape index (κ2) is 5.83. The number of hydrogen-bond donors (Lipinski definition) is 1. The van der Waals surface area contributed by atoms with E-state index < -0.39 is 5.54 Å². The summed E-state index contributed by atoms with van der Waals surface area (Å²) in [7, 11) is 0. The number of benzene rings is 1. The summed E-state index contributed by atoms with van der Waals surface area (Å²) in [6, 6.07) is 12.6. The number of thiophene rings is 1. The standard InChI is InChI=1S/C17H17N5OS/c1-12-2-7-15(24-12)14-5-3-13(4-6-14)10-18-16(23)17(8-9-17)22-11-19-20-21-22/h2-7,11H,8-10H2,1H3,(H,18,23). The fraction of sp³-hybridized carbons (Fsp3) is 0.294. The summed E-state index contributed by atoms with van der Waals surface area (Å²) >= 11 is 1.78. The van der Waals surface area contributed by atoms with E-state index in [1.54, 1.807) is 16.0 Å². The summed E-state index contributed by atoms with van der Waals surface area (Å²) in [6.07, 6.45) is 3.06. The normalized spacial score (nSPS) is 15.2. The molecule has 0 bridgehead atoms. The summed E-state index contributed by atoms with van der Waals surface area (Å²) in [6.45, 7) is 2.61. The molecule has 2 aromatic heterocycles. The van der Waals surface area contributed by atoms with Gasteiger partial charge in [-0.15, -0.1) is 16.4 Å². The van der Waals surface area contributed by atoms with Crippen LogP contribution in [0.4, 0.5) is 0 Å². The van der Waals surface area contributed by atoms with Crippen LogP contribution in [0.1, 0.15) is 23.3 Å². The fourth-order valence-electron chi connectivity index (χ4n) is 2.76. The van der Waals surface area contributed by atoms with E-state index in [-0.39, 0.29) is 5.91 Å². The van der Waals surface area contributed by atoms with Gasteiger partial charge in [0.2, 0.25) is 5.91 Å². The van der Waals surface area contributed by atoms with Gasteiger partial charge in [0.25, 0.3) is 0 Å². The van der Waals surface area contributed by atoms with Crippen molar-refractivity contribution in [3.8, 4) is 10.4 Å². The Kier molecular flexibility index (Phi) is 3.65. The van der Waals surface area contributed by atoms with Crippen molar-refractivity contribution in [2.75, 3.05) is 0 Å². The molecular formula is C17H17N5OS. The highest BCUT2D eigenvalue weighted by Crippen LogP contribution is 2.42. The van der Waals surface area contributed by atoms with Crippen LogP contribution in [0, 0.1) is 6.92 Å². The van der Waals surface area contributed by atoms with Gasteiger partial charge in [0, 0.05) is 16.3 Å². The summed E-state index contributed by atoms with van der Waals surface area (Å²) < 4.78 is 1.56. The molecule has 0 atom stereocenters. The number of aryl methyl sites for hydroxylation is 1. The second-order valence-electron chi connectivity index (χ2n) is 6.08. The zero-order valence-electron chi connectivity index (χ0n) is 13.3. The molecule has 0 unspecified atom stereocenters. The minimum absolute atomic E-state index is 0.0206. The summed E-state index contributed by atoms with van der Waals surface area (Å²) in [4.78, 5) is 15.0. The molecule has 1 aliphatic rings. The third-order valence-corrected chi connectivity index (χ3v) is 5.42. The lowest BCUT2D eigenvalue weighted by molar-refractivity contribution is -0.126. The van der Waals surface area contributed by atoms with Crippen molar-refractivity contribution in [2.24, 2.45) is 0 Å². The number of carbonyl (C=O) groups excluding carboxylic acids is 1. The molecular weight excluding hydrogens is 322 g/mol. The van der Waals surface area contributed by atoms with Gasteiger partial charge in [-0.3, -0.25) is 4.79 Å². The Morgan fingerprint density at radius 1 is 1.25 bits per heavy atom. The van der Waals surface area contributed by atoms with E-state index in [1.807, 2.05) is 0 Å². The smallest absolute Gasteiger partial charge is 0.248 e. The van der Waals surface area contributed by atoms with Crippen LogP contribution >= 0.6 is 11.3 Å². The molecule has 1 fully saturated rings. The average molecular weight is 339 g/mol. The molecule has 1 aromatic carbocycles. The monoisotopic (exact) mass is 339 g/mol. The summed E-state index contributed by atoms with van der Waals surface area (Å²) in [5.41, 5.74) is 1.70. The molecule has 0 aliphatic heterocycles. The molecule has 3 aromatic rings. The quantitative estimate of drug-likeness (QED) is 0.775. The average Bonchev–Trinajstić information content (AvgIpc) is 3.02. The van der Waals surface area contributed by atoms with Crippen molar-refractivity contribution in [3.05, 3.63) is 53.2 Å². The SMILES string of the molecule is Cc1ccc(-c2ccc(CNC(=O)C3(n4cnnn4)CC3)cc2)s1. The zero-order chi connectivity index (χ0) is 16.6. The number of carbonyl (C=O) groups is 1. The van der Waals surface area contributed by atoms with Gasteiger partial charge in [-0.25, -0.2) is 4.68 Å². The zero-order valence-corrected chi connectivity index (χ0v) is 14.1. The minimum atomic E-state index is -0.585. The van der Waals surface area contributed by atoms with Crippen LogP contribution in [0.5, 0.6) is 0 Å². The van der Waals surface area contributed by atoms with Crippen LogP contribution in [-0.2, 0) is 16.9 Å². The van der Waals surface area contributed by atoms with E-state index in [9.17, 15) is 4.79 Å². The first-order valence-corrected chi connectivity index (χ1v) is 8.67. The largest absolute Gasteiger partial charge is 0.350 e. The maximum Gasteiger partial charge on any atom is 0.248 e. The maximum absolute atomic E-state index is 12.5. The lowest BCUT2D eigenvalue weighted by atomic mass is 10.1. The number of aromatic nitrogens is 4. The molecule has 0 saturated heterocycles. The number of hydrogen-bond acceptors (Lipinski definition) is 5. The van der Waals surface area contributed by atoms with Crippen LogP contribution in [-0.4, -0.2) is 26.1 Å². The Hall–Kier alpha value is -2.54. The van der Waals surface area contributed by atoms with Gasteiger partial charge in [-0.2, -0.15) is 0 Å². The van der Waals surface area contributed by atoms with Gasteiger partial charge < -0.3 is 5.32 Å². The highest BCUT2D eigenvalue weighted by molar-refractivity contribution is 7.15. The number of nitrogens with zero attached hydrogens (tertiary/aromatic N) is 4. The molecule has 24 heavy (non-hydrogen) atoms. The molecule has 122 valence electrons. The third kappa shape index (κ3) is 2.71. The van der Waals surface area contributed by atoms with Crippen molar-refractivity contribution >= 4 is 17.2 Å². The van der Waals surface area contributed by atoms with Crippen LogP contribution in [0.3, 0.4) is 0 Å². The molecule has 1 aliphatic carbocycles. The minimum Gasteiger partial charge on any atom is -0.350 e. The summed E-state index contributed by atoms with van der Waals surface area (Å²) in [5, 5.41) is 14.1. The van der Waals surface area contributed by atoms with E-state index in [0.29, 0.717) is 6.54 Å². The molecule has 2 heterocycles. The molecule has 7 heteroatoms. The fourth-order valence-corrected chi connectivity index (χ4v) is 3.63. The van der Waals surface area contributed by atoms with Gasteiger partial charge >= 0.3 is 0 Å². The van der Waals surface area contributed by atoms with Gasteiger partial charge in [-0.1, -0.05) is 24.3 Å². The predicted molar refractivity (Wildman–Crippen MR) is 91.4 cm³/mol. The van der Waals surface area contributed by atoms with Gasteiger partial charge in [0.1, 0.15) is 11.9 Å². The van der Waals surface area contributed by atoms with Crippen LogP contribution < -0.4 is 5.32 Å². The molecule has 1 N–H and O–H groups in total. The summed E-state index contributed by atoms with van der Waals surface area (Å²) in [5.74, 6) is -0.0206. The van der Waals surface area contributed by atoms with E-state index in [1.165, 1.54) is 21.6 Å². The van der Waals surface area contributed by atoms with Crippen molar-refractivity contribution in [2.45, 2.75) is 31.8 Å². The van der Waals surface area contributed by atoms with Gasteiger partial charge in [-0.05, 0) is 53.5 Å². The van der Waals surface area contributed by atoms with Crippen molar-refractivity contribution in [3.63, 3.8) is 0 Å². The van der Waals surface area contributed by atoms with Crippen molar-refractivity contribution in [1.82, 2.24) is 25.5 Å². The second-order valence-corrected chi connectivity index (χ2v) is 7.36. The van der Waals surface area contributed by atoms with Crippen LogP contribution in [0.2, 0.25) is 0 Å². The molecule has 0 spiro atoms. The Balaban J connectivity index is 1.40. The molecule has 4 rings (SSSR count). The number of tetrazole rings is 1. The van der Waals surface area contributed by atoms with Gasteiger partial charge in [0.15, 0.2) is 0 Å². The highest BCUT2D eigenvalue weighted by Gasteiger charge is 2.53.